The third-order valence-corrected chi connectivity index (χ3v) is 4.50. The summed E-state index contributed by atoms with van der Waals surface area (Å²) in [6.07, 6.45) is 1.28. The molecular weight excluding hydrogens is 236 g/mol. The molecule has 2 atom stereocenters. The molecule has 2 unspecified atom stereocenters. The standard InChI is InChI=1S/C15H28N4/c1-6-16-9-14-13(4)17-18(5)15(14)19-8-7-11(2)12(3)10-19/h11-12,16H,6-10H2,1-5H3. The topological polar surface area (TPSA) is 33.1 Å². The number of anilines is 1. The summed E-state index contributed by atoms with van der Waals surface area (Å²) in [5, 5.41) is 8.06. The van der Waals surface area contributed by atoms with Gasteiger partial charge in [0.1, 0.15) is 5.82 Å². The van der Waals surface area contributed by atoms with Gasteiger partial charge in [0, 0.05) is 32.2 Å². The number of aromatic nitrogens is 2. The van der Waals surface area contributed by atoms with E-state index in [4.69, 9.17) is 0 Å². The number of aryl methyl sites for hydroxylation is 2. The van der Waals surface area contributed by atoms with Crippen LogP contribution in [0.5, 0.6) is 0 Å². The molecule has 0 bridgehead atoms. The molecule has 0 aromatic carbocycles. The SMILES string of the molecule is CCNCc1c(C)nn(C)c1N1CCC(C)C(C)C1. The van der Waals surface area contributed by atoms with Gasteiger partial charge >= 0.3 is 0 Å². The molecule has 108 valence electrons. The summed E-state index contributed by atoms with van der Waals surface area (Å²) in [6.45, 7) is 13.2. The summed E-state index contributed by atoms with van der Waals surface area (Å²) in [6, 6.07) is 0. The van der Waals surface area contributed by atoms with E-state index >= 15 is 0 Å². The smallest absolute Gasteiger partial charge is 0.131 e. The van der Waals surface area contributed by atoms with E-state index < -0.39 is 0 Å². The zero-order valence-corrected chi connectivity index (χ0v) is 13.0. The number of nitrogens with zero attached hydrogens (tertiary/aromatic N) is 3. The molecule has 2 rings (SSSR count). The van der Waals surface area contributed by atoms with Crippen molar-refractivity contribution in [3.63, 3.8) is 0 Å². The maximum Gasteiger partial charge on any atom is 0.131 e. The normalized spacial score (nSPS) is 23.9. The molecule has 1 N–H and O–H groups in total. The van der Waals surface area contributed by atoms with Crippen LogP contribution in [0.2, 0.25) is 0 Å². The summed E-state index contributed by atoms with van der Waals surface area (Å²) in [5.41, 5.74) is 2.52. The Morgan fingerprint density at radius 2 is 2.05 bits per heavy atom. The fraction of sp³-hybridized carbons (Fsp3) is 0.800. The molecular formula is C15H28N4. The van der Waals surface area contributed by atoms with E-state index in [1.165, 1.54) is 17.8 Å². The van der Waals surface area contributed by atoms with E-state index in [9.17, 15) is 0 Å². The molecule has 4 nitrogen and oxygen atoms in total. The lowest BCUT2D eigenvalue weighted by molar-refractivity contribution is 0.321. The van der Waals surface area contributed by atoms with E-state index in [2.05, 4.69) is 54.7 Å². The first-order valence-corrected chi connectivity index (χ1v) is 7.52. The Bertz CT molecular complexity index is 424. The number of piperidine rings is 1. The maximum atomic E-state index is 4.62. The second-order valence-corrected chi connectivity index (χ2v) is 5.98. The largest absolute Gasteiger partial charge is 0.356 e. The van der Waals surface area contributed by atoms with Gasteiger partial charge in [0.25, 0.3) is 0 Å². The van der Waals surface area contributed by atoms with Crippen molar-refractivity contribution in [2.24, 2.45) is 18.9 Å². The molecule has 1 aliphatic rings. The van der Waals surface area contributed by atoms with Crippen molar-refractivity contribution in [1.29, 1.82) is 0 Å². The van der Waals surface area contributed by atoms with Crippen molar-refractivity contribution in [1.82, 2.24) is 15.1 Å². The monoisotopic (exact) mass is 264 g/mol. The molecule has 1 saturated heterocycles. The van der Waals surface area contributed by atoms with Crippen LogP contribution in [0.1, 0.15) is 38.4 Å². The van der Waals surface area contributed by atoms with Gasteiger partial charge in [-0.1, -0.05) is 20.8 Å². The van der Waals surface area contributed by atoms with Gasteiger partial charge < -0.3 is 10.2 Å². The average molecular weight is 264 g/mol. The van der Waals surface area contributed by atoms with Crippen molar-refractivity contribution < 1.29 is 0 Å². The molecule has 2 heterocycles. The molecule has 1 aliphatic heterocycles. The Morgan fingerprint density at radius 1 is 1.32 bits per heavy atom. The minimum atomic E-state index is 0.760. The second-order valence-electron chi connectivity index (χ2n) is 5.98. The van der Waals surface area contributed by atoms with Crippen molar-refractivity contribution >= 4 is 5.82 Å². The highest BCUT2D eigenvalue weighted by atomic mass is 15.4. The zero-order chi connectivity index (χ0) is 14.0. The van der Waals surface area contributed by atoms with Crippen LogP contribution in [0.3, 0.4) is 0 Å². The van der Waals surface area contributed by atoms with Crippen LogP contribution in [-0.4, -0.2) is 29.4 Å². The summed E-state index contributed by atoms with van der Waals surface area (Å²) >= 11 is 0. The van der Waals surface area contributed by atoms with Crippen LogP contribution in [0.15, 0.2) is 0 Å². The lowest BCUT2D eigenvalue weighted by Crippen LogP contribution is -2.40. The highest BCUT2D eigenvalue weighted by Gasteiger charge is 2.27. The van der Waals surface area contributed by atoms with Crippen molar-refractivity contribution in [2.75, 3.05) is 24.5 Å². The fourth-order valence-electron chi connectivity index (χ4n) is 3.00. The Morgan fingerprint density at radius 3 is 2.68 bits per heavy atom. The first kappa shape index (κ1) is 14.4. The number of rotatable bonds is 4. The molecule has 0 amide bonds. The van der Waals surface area contributed by atoms with Gasteiger partial charge in [-0.3, -0.25) is 4.68 Å². The van der Waals surface area contributed by atoms with Gasteiger partial charge in [0.15, 0.2) is 0 Å². The number of hydrogen-bond acceptors (Lipinski definition) is 3. The average Bonchev–Trinajstić information content (AvgIpc) is 2.65. The lowest BCUT2D eigenvalue weighted by atomic mass is 9.88. The Balaban J connectivity index is 2.23. The Labute approximate surface area is 117 Å². The van der Waals surface area contributed by atoms with Gasteiger partial charge in [-0.05, 0) is 31.7 Å². The fourth-order valence-corrected chi connectivity index (χ4v) is 3.00. The zero-order valence-electron chi connectivity index (χ0n) is 13.0. The summed E-state index contributed by atoms with van der Waals surface area (Å²) in [4.78, 5) is 2.53. The predicted molar refractivity (Wildman–Crippen MR) is 80.5 cm³/mol. The first-order chi connectivity index (χ1) is 9.04. The van der Waals surface area contributed by atoms with Crippen LogP contribution >= 0.6 is 0 Å². The van der Waals surface area contributed by atoms with Gasteiger partial charge in [-0.2, -0.15) is 5.10 Å². The van der Waals surface area contributed by atoms with Crippen LogP contribution < -0.4 is 10.2 Å². The number of hydrogen-bond donors (Lipinski definition) is 1. The minimum Gasteiger partial charge on any atom is -0.356 e. The number of nitrogens with one attached hydrogen (secondary N) is 1. The second kappa shape index (κ2) is 5.95. The van der Waals surface area contributed by atoms with Gasteiger partial charge in [0.2, 0.25) is 0 Å². The first-order valence-electron chi connectivity index (χ1n) is 7.52. The summed E-state index contributed by atoms with van der Waals surface area (Å²) in [7, 11) is 2.07. The van der Waals surface area contributed by atoms with E-state index in [-0.39, 0.29) is 0 Å². The van der Waals surface area contributed by atoms with Crippen LogP contribution in [0.25, 0.3) is 0 Å². The van der Waals surface area contributed by atoms with Crippen LogP contribution in [0, 0.1) is 18.8 Å². The Hall–Kier alpha value is -1.03. The molecule has 0 spiro atoms. The van der Waals surface area contributed by atoms with Gasteiger partial charge in [-0.15, -0.1) is 0 Å². The van der Waals surface area contributed by atoms with E-state index in [1.807, 2.05) is 0 Å². The summed E-state index contributed by atoms with van der Waals surface area (Å²) < 4.78 is 2.06. The molecule has 1 aromatic rings. The Kier molecular flexibility index (Phi) is 4.50. The van der Waals surface area contributed by atoms with Crippen LogP contribution in [0.4, 0.5) is 5.82 Å². The van der Waals surface area contributed by atoms with Gasteiger partial charge in [-0.25, -0.2) is 0 Å². The predicted octanol–water partition coefficient (Wildman–Crippen LogP) is 2.32. The molecule has 1 fully saturated rings. The van der Waals surface area contributed by atoms with E-state index in [0.29, 0.717) is 0 Å². The molecule has 4 heteroatoms. The molecule has 0 aliphatic carbocycles. The third-order valence-electron chi connectivity index (χ3n) is 4.50. The molecule has 19 heavy (non-hydrogen) atoms. The highest BCUT2D eigenvalue weighted by Crippen LogP contribution is 2.30. The van der Waals surface area contributed by atoms with E-state index in [0.717, 1.165) is 43.7 Å². The molecule has 0 radical (unpaired) electrons. The maximum absolute atomic E-state index is 4.62. The third kappa shape index (κ3) is 2.94. The van der Waals surface area contributed by atoms with Crippen molar-refractivity contribution in [2.45, 2.75) is 40.7 Å². The van der Waals surface area contributed by atoms with Gasteiger partial charge in [0.05, 0.1) is 5.69 Å². The lowest BCUT2D eigenvalue weighted by Gasteiger charge is -2.37. The minimum absolute atomic E-state index is 0.760. The highest BCUT2D eigenvalue weighted by molar-refractivity contribution is 5.50. The quantitative estimate of drug-likeness (QED) is 0.906. The van der Waals surface area contributed by atoms with Crippen molar-refractivity contribution in [3.05, 3.63) is 11.3 Å². The molecule has 0 saturated carbocycles. The molecule has 1 aromatic heterocycles. The van der Waals surface area contributed by atoms with E-state index in [1.54, 1.807) is 0 Å². The van der Waals surface area contributed by atoms with Crippen LogP contribution in [-0.2, 0) is 13.6 Å². The summed E-state index contributed by atoms with van der Waals surface area (Å²) in [5.74, 6) is 2.91. The van der Waals surface area contributed by atoms with Crippen molar-refractivity contribution in [3.8, 4) is 0 Å².